The van der Waals surface area contributed by atoms with Crippen LogP contribution in [0.25, 0.3) is 11.1 Å². The number of unbranched alkanes of at least 4 members (excludes halogenated alkanes) is 6. The van der Waals surface area contributed by atoms with Gasteiger partial charge in [0, 0.05) is 18.4 Å². The lowest BCUT2D eigenvalue weighted by Gasteiger charge is -2.37. The van der Waals surface area contributed by atoms with Crippen molar-refractivity contribution in [3.8, 4) is 0 Å². The number of hydrogen-bond acceptors (Lipinski definition) is 5. The second kappa shape index (κ2) is 14.6. The van der Waals surface area contributed by atoms with Crippen molar-refractivity contribution in [1.29, 1.82) is 0 Å². The van der Waals surface area contributed by atoms with Gasteiger partial charge in [-0.25, -0.2) is 5.14 Å². The van der Waals surface area contributed by atoms with E-state index >= 15 is 0 Å². The number of allylic oxidation sites excluding steroid dienone is 3. The quantitative estimate of drug-likeness (QED) is 0.160. The summed E-state index contributed by atoms with van der Waals surface area (Å²) in [4.78, 5) is 0. The number of rotatable bonds is 17. The van der Waals surface area contributed by atoms with Crippen molar-refractivity contribution in [3.63, 3.8) is 0 Å². The standard InChI is InChI=1S/C33H45NO5S/c1-26(27-16-11-8-12-17-27)33-22-21-31(38-25-37-2)30(33)24-29(32(33)28-18-13-9-14-19-28)20-10-6-4-3-5-7-15-23-39-40(34,35)36/h8-9,11-14,16-19,30-31H,1,3-7,10,15,20-25H2,2H3,(H2,34,35,36). The lowest BCUT2D eigenvalue weighted by molar-refractivity contribution is -0.0858. The van der Waals surface area contributed by atoms with Gasteiger partial charge in [-0.3, -0.25) is 4.18 Å². The minimum absolute atomic E-state index is 0.143. The fourth-order valence-electron chi connectivity index (χ4n) is 6.94. The Bertz CT molecular complexity index is 1230. The van der Waals surface area contributed by atoms with Crippen molar-refractivity contribution in [2.45, 2.75) is 76.7 Å². The summed E-state index contributed by atoms with van der Waals surface area (Å²) in [6.07, 6.45) is 11.7. The van der Waals surface area contributed by atoms with Gasteiger partial charge < -0.3 is 9.47 Å². The Hall–Kier alpha value is -2.29. The van der Waals surface area contributed by atoms with Crippen molar-refractivity contribution in [3.05, 3.63) is 83.9 Å². The number of methoxy groups -OCH3 is 1. The van der Waals surface area contributed by atoms with E-state index in [1.54, 1.807) is 12.7 Å². The monoisotopic (exact) mass is 567 g/mol. The number of ether oxygens (including phenoxy) is 2. The van der Waals surface area contributed by atoms with Gasteiger partial charge in [0.25, 0.3) is 0 Å². The van der Waals surface area contributed by atoms with Gasteiger partial charge in [-0.2, -0.15) is 8.42 Å². The van der Waals surface area contributed by atoms with E-state index in [4.69, 9.17) is 21.2 Å². The molecule has 4 rings (SSSR count). The highest BCUT2D eigenvalue weighted by Gasteiger charge is 2.57. The summed E-state index contributed by atoms with van der Waals surface area (Å²) >= 11 is 0. The Morgan fingerprint density at radius 1 is 0.950 bits per heavy atom. The molecule has 3 unspecified atom stereocenters. The fourth-order valence-corrected chi connectivity index (χ4v) is 7.29. The van der Waals surface area contributed by atoms with Crippen LogP contribution >= 0.6 is 0 Å². The molecule has 40 heavy (non-hydrogen) atoms. The predicted molar refractivity (Wildman–Crippen MR) is 161 cm³/mol. The van der Waals surface area contributed by atoms with Crippen molar-refractivity contribution in [2.75, 3.05) is 20.5 Å². The van der Waals surface area contributed by atoms with E-state index in [1.807, 2.05) is 0 Å². The van der Waals surface area contributed by atoms with Crippen LogP contribution in [0.5, 0.6) is 0 Å². The molecule has 2 N–H and O–H groups in total. The summed E-state index contributed by atoms with van der Waals surface area (Å²) in [6.45, 7) is 5.25. The number of nitrogens with two attached hydrogens (primary N) is 1. The molecule has 3 atom stereocenters. The van der Waals surface area contributed by atoms with Crippen molar-refractivity contribution in [2.24, 2.45) is 16.5 Å². The van der Waals surface area contributed by atoms with E-state index in [1.165, 1.54) is 35.1 Å². The second-order valence-corrected chi connectivity index (χ2v) is 12.4. The largest absolute Gasteiger partial charge is 0.359 e. The molecule has 6 nitrogen and oxygen atoms in total. The maximum Gasteiger partial charge on any atom is 0.333 e. The molecule has 0 saturated heterocycles. The van der Waals surface area contributed by atoms with Gasteiger partial charge >= 0.3 is 10.3 Å². The molecule has 2 aliphatic rings. The summed E-state index contributed by atoms with van der Waals surface area (Å²) in [5.74, 6) is 0.347. The minimum Gasteiger partial charge on any atom is -0.359 e. The van der Waals surface area contributed by atoms with E-state index in [9.17, 15) is 8.42 Å². The van der Waals surface area contributed by atoms with Gasteiger partial charge in [0.1, 0.15) is 6.79 Å². The molecule has 0 bridgehead atoms. The number of hydrogen-bond donors (Lipinski definition) is 1. The number of fused-ring (bicyclic) bond motifs is 1. The molecular weight excluding hydrogens is 522 g/mol. The zero-order chi connectivity index (χ0) is 28.4. The summed E-state index contributed by atoms with van der Waals surface area (Å²) in [5, 5.41) is 4.87. The minimum atomic E-state index is -3.83. The van der Waals surface area contributed by atoms with Crippen LogP contribution < -0.4 is 5.14 Å². The summed E-state index contributed by atoms with van der Waals surface area (Å²) in [5.41, 5.74) is 6.62. The SMILES string of the molecule is C=C(c1ccccc1)C12CCC(OCOC)C1CC(CCCCCCCCCOS(N)(=O)=O)=C2c1ccccc1. The van der Waals surface area contributed by atoms with E-state index in [-0.39, 0.29) is 18.1 Å². The van der Waals surface area contributed by atoms with E-state index in [0.717, 1.165) is 51.4 Å². The van der Waals surface area contributed by atoms with Crippen LogP contribution in [0.2, 0.25) is 0 Å². The van der Waals surface area contributed by atoms with E-state index in [2.05, 4.69) is 64.8 Å². The van der Waals surface area contributed by atoms with Crippen LogP contribution in [-0.4, -0.2) is 35.0 Å². The van der Waals surface area contributed by atoms with Crippen LogP contribution in [0.15, 0.2) is 72.8 Å². The highest BCUT2D eigenvalue weighted by atomic mass is 32.2. The van der Waals surface area contributed by atoms with E-state index in [0.29, 0.717) is 19.1 Å². The first kappa shape index (κ1) is 30.7. The van der Waals surface area contributed by atoms with Gasteiger partial charge in [-0.05, 0) is 60.8 Å². The van der Waals surface area contributed by atoms with Gasteiger partial charge in [0.2, 0.25) is 0 Å². The topological polar surface area (TPSA) is 87.8 Å². The molecule has 0 amide bonds. The van der Waals surface area contributed by atoms with Crippen LogP contribution in [0.3, 0.4) is 0 Å². The predicted octanol–water partition coefficient (Wildman–Crippen LogP) is 7.28. The third kappa shape index (κ3) is 7.51. The van der Waals surface area contributed by atoms with Crippen LogP contribution in [-0.2, 0) is 24.0 Å². The van der Waals surface area contributed by atoms with Crippen LogP contribution in [0.1, 0.15) is 81.8 Å². The maximum absolute atomic E-state index is 10.9. The maximum atomic E-state index is 10.9. The molecule has 0 heterocycles. The molecule has 2 aromatic rings. The molecular formula is C33H45NO5S. The lowest BCUT2D eigenvalue weighted by atomic mass is 9.66. The third-order valence-corrected chi connectivity index (χ3v) is 9.16. The Morgan fingerprint density at radius 3 is 2.23 bits per heavy atom. The van der Waals surface area contributed by atoms with Crippen molar-refractivity contribution in [1.82, 2.24) is 0 Å². The Balaban J connectivity index is 1.47. The fraction of sp³-hybridized carbons (Fsp3) is 0.515. The molecule has 1 fully saturated rings. The van der Waals surface area contributed by atoms with Gasteiger partial charge in [-0.15, -0.1) is 0 Å². The Kier molecular flexibility index (Phi) is 11.2. The van der Waals surface area contributed by atoms with Gasteiger partial charge in [0.05, 0.1) is 12.7 Å². The summed E-state index contributed by atoms with van der Waals surface area (Å²) < 4.78 is 37.9. The van der Waals surface area contributed by atoms with Crippen LogP contribution in [0, 0.1) is 11.3 Å². The average Bonchev–Trinajstić information content (AvgIpc) is 3.47. The first-order valence-corrected chi connectivity index (χ1v) is 16.1. The third-order valence-electron chi connectivity index (χ3n) is 8.66. The van der Waals surface area contributed by atoms with Gasteiger partial charge in [0.15, 0.2) is 0 Å². The molecule has 2 aromatic carbocycles. The Morgan fingerprint density at radius 2 is 1.57 bits per heavy atom. The zero-order valence-electron chi connectivity index (χ0n) is 23.9. The molecule has 2 aliphatic carbocycles. The normalized spacial score (nSPS) is 22.6. The van der Waals surface area contributed by atoms with Crippen molar-refractivity contribution < 1.29 is 22.1 Å². The summed E-state index contributed by atoms with van der Waals surface area (Å²) in [7, 11) is -2.13. The molecule has 7 heteroatoms. The zero-order valence-corrected chi connectivity index (χ0v) is 24.7. The molecule has 0 radical (unpaired) electrons. The second-order valence-electron chi connectivity index (χ2n) is 11.2. The highest BCUT2D eigenvalue weighted by molar-refractivity contribution is 7.84. The number of benzene rings is 2. The first-order valence-electron chi connectivity index (χ1n) is 14.7. The van der Waals surface area contributed by atoms with Crippen LogP contribution in [0.4, 0.5) is 0 Å². The van der Waals surface area contributed by atoms with E-state index < -0.39 is 10.3 Å². The molecule has 1 saturated carbocycles. The molecule has 0 aliphatic heterocycles. The first-order chi connectivity index (χ1) is 19.4. The average molecular weight is 568 g/mol. The lowest BCUT2D eigenvalue weighted by Crippen LogP contribution is -2.30. The molecule has 0 spiro atoms. The highest BCUT2D eigenvalue weighted by Crippen LogP contribution is 2.66. The Labute approximate surface area is 240 Å². The van der Waals surface area contributed by atoms with Crippen molar-refractivity contribution >= 4 is 21.5 Å². The summed E-state index contributed by atoms with van der Waals surface area (Å²) in [6, 6.07) is 21.6. The molecule has 218 valence electrons. The smallest absolute Gasteiger partial charge is 0.333 e. The molecule has 0 aromatic heterocycles. The van der Waals surface area contributed by atoms with Gasteiger partial charge in [-0.1, -0.05) is 105 Å².